The topological polar surface area (TPSA) is 17.1 Å². The molecule has 0 radical (unpaired) electrons. The molecule has 0 bridgehead atoms. The minimum atomic E-state index is 0.349. The van der Waals surface area contributed by atoms with Gasteiger partial charge in [0, 0.05) is 6.42 Å². The number of ketones is 1. The molecule has 1 aliphatic carbocycles. The monoisotopic (exact) mass is 264 g/mol. The lowest BCUT2D eigenvalue weighted by Crippen LogP contribution is -1.94. The molecular weight excluding hydrogens is 232 g/mol. The van der Waals surface area contributed by atoms with Crippen LogP contribution in [-0.4, -0.2) is 5.78 Å². The summed E-state index contributed by atoms with van der Waals surface area (Å²) in [7, 11) is 0. The van der Waals surface area contributed by atoms with Crippen LogP contribution < -0.4 is 0 Å². The van der Waals surface area contributed by atoms with E-state index in [4.69, 9.17) is 0 Å². The SMILES string of the molecule is C/C1=C/C(=O)CCCCCCCCCCCCCC1. The molecular formula is C18H32O. The highest BCUT2D eigenvalue weighted by molar-refractivity contribution is 5.90. The predicted molar refractivity (Wildman–Crippen MR) is 83.4 cm³/mol. The highest BCUT2D eigenvalue weighted by Crippen LogP contribution is 2.15. The average Bonchev–Trinajstić information content (AvgIpc) is 2.38. The summed E-state index contributed by atoms with van der Waals surface area (Å²) in [5, 5.41) is 0. The number of carbonyl (C=O) groups is 1. The summed E-state index contributed by atoms with van der Waals surface area (Å²) in [6.07, 6.45) is 19.8. The van der Waals surface area contributed by atoms with Crippen molar-refractivity contribution >= 4 is 5.78 Å². The fourth-order valence-corrected chi connectivity index (χ4v) is 2.89. The minimum Gasteiger partial charge on any atom is -0.295 e. The lowest BCUT2D eigenvalue weighted by Gasteiger charge is -2.02. The van der Waals surface area contributed by atoms with Gasteiger partial charge in [0.25, 0.3) is 0 Å². The fourth-order valence-electron chi connectivity index (χ4n) is 2.89. The van der Waals surface area contributed by atoms with Gasteiger partial charge in [-0.15, -0.1) is 0 Å². The number of rotatable bonds is 0. The Morgan fingerprint density at radius 2 is 1.00 bits per heavy atom. The van der Waals surface area contributed by atoms with Crippen molar-refractivity contribution < 1.29 is 4.79 Å². The van der Waals surface area contributed by atoms with E-state index in [0.717, 1.165) is 19.3 Å². The van der Waals surface area contributed by atoms with Crippen molar-refractivity contribution in [1.29, 1.82) is 0 Å². The van der Waals surface area contributed by atoms with Gasteiger partial charge < -0.3 is 0 Å². The third-order valence-corrected chi connectivity index (χ3v) is 4.15. The molecule has 110 valence electrons. The Morgan fingerprint density at radius 1 is 0.632 bits per heavy atom. The largest absolute Gasteiger partial charge is 0.295 e. The zero-order valence-electron chi connectivity index (χ0n) is 12.9. The van der Waals surface area contributed by atoms with Crippen molar-refractivity contribution in [1.82, 2.24) is 0 Å². The number of carbonyl (C=O) groups excluding carboxylic acids is 1. The molecule has 0 heterocycles. The first kappa shape index (κ1) is 16.5. The van der Waals surface area contributed by atoms with Gasteiger partial charge in [-0.3, -0.25) is 4.79 Å². The van der Waals surface area contributed by atoms with Crippen LogP contribution in [0.25, 0.3) is 0 Å². The summed E-state index contributed by atoms with van der Waals surface area (Å²) in [6, 6.07) is 0. The third kappa shape index (κ3) is 9.92. The maximum Gasteiger partial charge on any atom is 0.155 e. The smallest absolute Gasteiger partial charge is 0.155 e. The molecule has 1 rings (SSSR count). The molecule has 0 aromatic rings. The van der Waals surface area contributed by atoms with E-state index in [2.05, 4.69) is 6.92 Å². The molecule has 1 nitrogen and oxygen atoms in total. The highest BCUT2D eigenvalue weighted by atomic mass is 16.1. The number of hydrogen-bond acceptors (Lipinski definition) is 1. The van der Waals surface area contributed by atoms with E-state index in [1.54, 1.807) is 0 Å². The van der Waals surface area contributed by atoms with E-state index >= 15 is 0 Å². The average molecular weight is 264 g/mol. The molecule has 0 saturated carbocycles. The molecule has 0 N–H and O–H groups in total. The van der Waals surface area contributed by atoms with Gasteiger partial charge in [0.15, 0.2) is 5.78 Å². The van der Waals surface area contributed by atoms with Gasteiger partial charge in [-0.2, -0.15) is 0 Å². The summed E-state index contributed by atoms with van der Waals surface area (Å²) in [5.41, 5.74) is 1.29. The minimum absolute atomic E-state index is 0.349. The van der Waals surface area contributed by atoms with Gasteiger partial charge in [0.05, 0.1) is 0 Å². The molecule has 19 heavy (non-hydrogen) atoms. The van der Waals surface area contributed by atoms with Crippen molar-refractivity contribution in [3.05, 3.63) is 11.6 Å². The highest BCUT2D eigenvalue weighted by Gasteiger charge is 2.01. The lowest BCUT2D eigenvalue weighted by atomic mass is 10.0. The summed E-state index contributed by atoms with van der Waals surface area (Å²) >= 11 is 0. The van der Waals surface area contributed by atoms with Crippen LogP contribution in [0.5, 0.6) is 0 Å². The quantitative estimate of drug-likeness (QED) is 0.526. The summed E-state index contributed by atoms with van der Waals surface area (Å²) in [5.74, 6) is 0.349. The molecule has 0 amide bonds. The molecule has 0 aromatic carbocycles. The first-order valence-electron chi connectivity index (χ1n) is 8.49. The maximum absolute atomic E-state index is 11.8. The molecule has 1 aliphatic rings. The van der Waals surface area contributed by atoms with Crippen LogP contribution in [0.3, 0.4) is 0 Å². The van der Waals surface area contributed by atoms with Gasteiger partial charge in [0.1, 0.15) is 0 Å². The lowest BCUT2D eigenvalue weighted by molar-refractivity contribution is -0.114. The summed E-state index contributed by atoms with van der Waals surface area (Å²) < 4.78 is 0. The van der Waals surface area contributed by atoms with Crippen molar-refractivity contribution in [3.8, 4) is 0 Å². The van der Waals surface area contributed by atoms with E-state index in [9.17, 15) is 4.79 Å². The molecule has 0 fully saturated rings. The Hall–Kier alpha value is -0.590. The standard InChI is InChI=1S/C18H32O/c1-17-14-12-10-8-6-4-2-3-5-7-9-11-13-15-18(19)16-17/h16H,2-15H2,1H3/b17-16-. The second-order valence-corrected chi connectivity index (χ2v) is 6.20. The van der Waals surface area contributed by atoms with Crippen LogP contribution in [0, 0.1) is 0 Å². The van der Waals surface area contributed by atoms with Crippen molar-refractivity contribution in [3.63, 3.8) is 0 Å². The summed E-state index contributed by atoms with van der Waals surface area (Å²) in [4.78, 5) is 11.8. The summed E-state index contributed by atoms with van der Waals surface area (Å²) in [6.45, 7) is 2.12. The Balaban J connectivity index is 2.29. The van der Waals surface area contributed by atoms with Crippen LogP contribution in [0.4, 0.5) is 0 Å². The second-order valence-electron chi connectivity index (χ2n) is 6.20. The zero-order chi connectivity index (χ0) is 13.8. The Kier molecular flexibility index (Phi) is 9.75. The van der Waals surface area contributed by atoms with E-state index in [1.807, 2.05) is 6.08 Å². The van der Waals surface area contributed by atoms with Crippen LogP contribution in [0.1, 0.15) is 96.8 Å². The molecule has 0 atom stereocenters. The van der Waals surface area contributed by atoms with E-state index in [1.165, 1.54) is 76.2 Å². The molecule has 0 aliphatic heterocycles. The van der Waals surface area contributed by atoms with Crippen molar-refractivity contribution in [2.45, 2.75) is 96.8 Å². The Bertz CT molecular complexity index is 265. The van der Waals surface area contributed by atoms with Crippen LogP contribution >= 0.6 is 0 Å². The van der Waals surface area contributed by atoms with Crippen LogP contribution in [0.2, 0.25) is 0 Å². The van der Waals surface area contributed by atoms with Crippen molar-refractivity contribution in [2.24, 2.45) is 0 Å². The first-order chi connectivity index (χ1) is 9.29. The zero-order valence-corrected chi connectivity index (χ0v) is 12.9. The van der Waals surface area contributed by atoms with Gasteiger partial charge in [-0.1, -0.05) is 69.8 Å². The van der Waals surface area contributed by atoms with Crippen molar-refractivity contribution in [2.75, 3.05) is 0 Å². The molecule has 0 aromatic heterocycles. The number of allylic oxidation sites excluding steroid dienone is 2. The number of hydrogen-bond donors (Lipinski definition) is 0. The van der Waals surface area contributed by atoms with Gasteiger partial charge in [0.2, 0.25) is 0 Å². The first-order valence-corrected chi connectivity index (χ1v) is 8.49. The van der Waals surface area contributed by atoms with E-state index in [-0.39, 0.29) is 0 Å². The van der Waals surface area contributed by atoms with E-state index < -0.39 is 0 Å². The van der Waals surface area contributed by atoms with Crippen LogP contribution in [-0.2, 0) is 4.79 Å². The maximum atomic E-state index is 11.8. The second kappa shape index (κ2) is 11.3. The molecule has 0 spiro atoms. The molecule has 0 unspecified atom stereocenters. The fraction of sp³-hybridized carbons (Fsp3) is 0.833. The molecule has 1 heteroatoms. The predicted octanol–water partition coefficient (Wildman–Crippen LogP) is 5.98. The Morgan fingerprint density at radius 3 is 1.47 bits per heavy atom. The normalized spacial score (nSPS) is 25.3. The van der Waals surface area contributed by atoms with Gasteiger partial charge in [-0.25, -0.2) is 0 Å². The third-order valence-electron chi connectivity index (χ3n) is 4.15. The van der Waals surface area contributed by atoms with Gasteiger partial charge in [-0.05, 0) is 32.3 Å². The van der Waals surface area contributed by atoms with Gasteiger partial charge >= 0.3 is 0 Å². The van der Waals surface area contributed by atoms with Crippen LogP contribution in [0.15, 0.2) is 11.6 Å². The van der Waals surface area contributed by atoms with E-state index in [0.29, 0.717) is 5.78 Å². The molecule has 0 saturated heterocycles. The Labute approximate surface area is 119 Å².